The number of aryl methyl sites for hydroxylation is 2. The summed E-state index contributed by atoms with van der Waals surface area (Å²) in [6, 6.07) is 0. The smallest absolute Gasteiger partial charge is 0.190 e. The molecule has 0 saturated heterocycles. The Morgan fingerprint density at radius 1 is 1.29 bits per heavy atom. The lowest BCUT2D eigenvalue weighted by molar-refractivity contribution is 0.234. The molecule has 0 amide bonds. The van der Waals surface area contributed by atoms with Crippen LogP contribution in [-0.2, 0) is 12.8 Å². The molecule has 3 rings (SSSR count). The number of nitrogens with one attached hydrogen (secondary N) is 1. The predicted molar refractivity (Wildman–Crippen MR) is 90.6 cm³/mol. The van der Waals surface area contributed by atoms with E-state index in [1.807, 2.05) is 31.4 Å². The zero-order valence-electron chi connectivity index (χ0n) is 12.7. The summed E-state index contributed by atoms with van der Waals surface area (Å²) in [6.07, 6.45) is 6.79. The quantitative estimate of drug-likeness (QED) is 0.666. The van der Waals surface area contributed by atoms with Gasteiger partial charge in [0.2, 0.25) is 0 Å². The van der Waals surface area contributed by atoms with Crippen LogP contribution in [0.2, 0.25) is 0 Å². The van der Waals surface area contributed by atoms with E-state index in [0.29, 0.717) is 0 Å². The SMILES string of the molecule is CSc1nc(NC(C)(C)CO)c2c3c(sc2n1)CCCC3. The van der Waals surface area contributed by atoms with Crippen LogP contribution in [-0.4, -0.2) is 33.5 Å². The van der Waals surface area contributed by atoms with Crippen molar-refractivity contribution in [1.29, 1.82) is 0 Å². The lowest BCUT2D eigenvalue weighted by Gasteiger charge is -2.25. The van der Waals surface area contributed by atoms with E-state index in [1.54, 1.807) is 11.8 Å². The topological polar surface area (TPSA) is 58.0 Å². The lowest BCUT2D eigenvalue weighted by atomic mass is 9.96. The summed E-state index contributed by atoms with van der Waals surface area (Å²) in [5.41, 5.74) is 1.03. The minimum atomic E-state index is -0.388. The highest BCUT2D eigenvalue weighted by molar-refractivity contribution is 7.98. The van der Waals surface area contributed by atoms with Crippen LogP contribution >= 0.6 is 23.1 Å². The summed E-state index contributed by atoms with van der Waals surface area (Å²) in [5, 5.41) is 14.9. The first-order valence-electron chi connectivity index (χ1n) is 7.29. The van der Waals surface area contributed by atoms with Gasteiger partial charge in [0.15, 0.2) is 5.16 Å². The zero-order valence-corrected chi connectivity index (χ0v) is 14.3. The molecule has 0 bridgehead atoms. The zero-order chi connectivity index (χ0) is 15.0. The Hall–Kier alpha value is -0.850. The molecular formula is C15H21N3OS2. The molecule has 1 aliphatic carbocycles. The molecule has 2 aromatic heterocycles. The molecule has 0 aromatic carbocycles. The molecule has 1 aliphatic rings. The second-order valence-electron chi connectivity index (χ2n) is 6.12. The van der Waals surface area contributed by atoms with Crippen LogP contribution in [0.5, 0.6) is 0 Å². The van der Waals surface area contributed by atoms with E-state index in [9.17, 15) is 5.11 Å². The molecule has 21 heavy (non-hydrogen) atoms. The third-order valence-corrected chi connectivity index (χ3v) is 5.56. The second-order valence-corrected chi connectivity index (χ2v) is 7.97. The molecule has 0 unspecified atom stereocenters. The van der Waals surface area contributed by atoms with Gasteiger partial charge in [-0.3, -0.25) is 0 Å². The summed E-state index contributed by atoms with van der Waals surface area (Å²) in [6.45, 7) is 4.04. The number of hydrogen-bond acceptors (Lipinski definition) is 6. The van der Waals surface area contributed by atoms with Crippen molar-refractivity contribution in [3.05, 3.63) is 10.4 Å². The maximum Gasteiger partial charge on any atom is 0.190 e. The maximum atomic E-state index is 9.53. The van der Waals surface area contributed by atoms with Gasteiger partial charge in [0, 0.05) is 4.88 Å². The van der Waals surface area contributed by atoms with Crippen molar-refractivity contribution in [2.24, 2.45) is 0 Å². The summed E-state index contributed by atoms with van der Waals surface area (Å²) in [4.78, 5) is 11.9. The van der Waals surface area contributed by atoms with Gasteiger partial charge in [0.1, 0.15) is 10.6 Å². The molecule has 0 saturated carbocycles. The number of fused-ring (bicyclic) bond motifs is 3. The normalized spacial score (nSPS) is 15.2. The molecule has 0 fully saturated rings. The third-order valence-electron chi connectivity index (χ3n) is 3.83. The molecule has 0 aliphatic heterocycles. The Balaban J connectivity index is 2.17. The Bertz CT molecular complexity index is 666. The number of aliphatic hydroxyl groups is 1. The first-order valence-corrected chi connectivity index (χ1v) is 9.33. The molecule has 2 aromatic rings. The fourth-order valence-corrected chi connectivity index (χ4v) is 4.36. The first kappa shape index (κ1) is 15.1. The van der Waals surface area contributed by atoms with E-state index in [0.717, 1.165) is 28.6 Å². The van der Waals surface area contributed by atoms with Crippen molar-refractivity contribution in [3.8, 4) is 0 Å². The van der Waals surface area contributed by atoms with Crippen LogP contribution in [0.15, 0.2) is 5.16 Å². The van der Waals surface area contributed by atoms with Crippen LogP contribution in [0, 0.1) is 0 Å². The van der Waals surface area contributed by atoms with E-state index in [-0.39, 0.29) is 12.1 Å². The Kier molecular flexibility index (Phi) is 4.12. The van der Waals surface area contributed by atoms with Crippen LogP contribution < -0.4 is 5.32 Å². The largest absolute Gasteiger partial charge is 0.394 e. The number of hydrogen-bond donors (Lipinski definition) is 2. The van der Waals surface area contributed by atoms with Crippen molar-refractivity contribution in [3.63, 3.8) is 0 Å². The Morgan fingerprint density at radius 3 is 2.76 bits per heavy atom. The first-order chi connectivity index (χ1) is 10.0. The van der Waals surface area contributed by atoms with E-state index in [2.05, 4.69) is 15.3 Å². The molecule has 114 valence electrons. The number of thioether (sulfide) groups is 1. The lowest BCUT2D eigenvalue weighted by Crippen LogP contribution is -2.35. The van der Waals surface area contributed by atoms with Gasteiger partial charge in [0.25, 0.3) is 0 Å². The predicted octanol–water partition coefficient (Wildman–Crippen LogP) is 3.47. The van der Waals surface area contributed by atoms with Crippen molar-refractivity contribution in [2.45, 2.75) is 50.2 Å². The number of anilines is 1. The molecule has 6 heteroatoms. The van der Waals surface area contributed by atoms with Gasteiger partial charge in [-0.25, -0.2) is 9.97 Å². The maximum absolute atomic E-state index is 9.53. The molecule has 2 N–H and O–H groups in total. The molecule has 2 heterocycles. The van der Waals surface area contributed by atoms with E-state index < -0.39 is 0 Å². The van der Waals surface area contributed by atoms with E-state index in [4.69, 9.17) is 0 Å². The summed E-state index contributed by atoms with van der Waals surface area (Å²) in [7, 11) is 0. The van der Waals surface area contributed by atoms with Crippen molar-refractivity contribution < 1.29 is 5.11 Å². The highest BCUT2D eigenvalue weighted by atomic mass is 32.2. The van der Waals surface area contributed by atoms with Gasteiger partial charge >= 0.3 is 0 Å². The number of aromatic nitrogens is 2. The Morgan fingerprint density at radius 2 is 2.05 bits per heavy atom. The van der Waals surface area contributed by atoms with Gasteiger partial charge in [-0.05, 0) is 51.3 Å². The van der Waals surface area contributed by atoms with Crippen molar-refractivity contribution in [2.75, 3.05) is 18.2 Å². The number of thiophene rings is 1. The van der Waals surface area contributed by atoms with E-state index in [1.165, 1.54) is 28.7 Å². The van der Waals surface area contributed by atoms with Crippen LogP contribution in [0.1, 0.15) is 37.1 Å². The average Bonchev–Trinajstić information content (AvgIpc) is 2.85. The highest BCUT2D eigenvalue weighted by Gasteiger charge is 2.24. The van der Waals surface area contributed by atoms with Crippen LogP contribution in [0.4, 0.5) is 5.82 Å². The molecule has 0 radical (unpaired) electrons. The third kappa shape index (κ3) is 2.89. The average molecular weight is 323 g/mol. The van der Waals surface area contributed by atoms with Crippen molar-refractivity contribution in [1.82, 2.24) is 9.97 Å². The number of nitrogens with zero attached hydrogens (tertiary/aromatic N) is 2. The standard InChI is InChI=1S/C15H21N3OS2/c1-15(2,8-19)18-12-11-9-6-4-5-7-10(9)21-13(11)17-14(16-12)20-3/h19H,4-8H2,1-3H3,(H,16,17,18). The summed E-state index contributed by atoms with van der Waals surface area (Å²) >= 11 is 3.37. The highest BCUT2D eigenvalue weighted by Crippen LogP contribution is 2.39. The minimum Gasteiger partial charge on any atom is -0.394 e. The van der Waals surface area contributed by atoms with Crippen molar-refractivity contribution >= 4 is 39.1 Å². The van der Waals surface area contributed by atoms with Crippen LogP contribution in [0.25, 0.3) is 10.2 Å². The van der Waals surface area contributed by atoms with Gasteiger partial charge in [-0.15, -0.1) is 11.3 Å². The number of aliphatic hydroxyl groups excluding tert-OH is 1. The molecule has 0 atom stereocenters. The summed E-state index contributed by atoms with van der Waals surface area (Å²) in [5.74, 6) is 0.878. The minimum absolute atomic E-state index is 0.0689. The number of rotatable bonds is 4. The molecule has 4 nitrogen and oxygen atoms in total. The van der Waals surface area contributed by atoms with Gasteiger partial charge in [-0.1, -0.05) is 11.8 Å². The summed E-state index contributed by atoms with van der Waals surface area (Å²) < 4.78 is 0. The molecule has 0 spiro atoms. The molecular weight excluding hydrogens is 302 g/mol. The van der Waals surface area contributed by atoms with Gasteiger partial charge < -0.3 is 10.4 Å². The fourth-order valence-electron chi connectivity index (χ4n) is 2.68. The fraction of sp³-hybridized carbons (Fsp3) is 0.600. The second kappa shape index (κ2) is 5.74. The monoisotopic (exact) mass is 323 g/mol. The van der Waals surface area contributed by atoms with Crippen LogP contribution in [0.3, 0.4) is 0 Å². The van der Waals surface area contributed by atoms with Gasteiger partial charge in [0.05, 0.1) is 17.5 Å². The van der Waals surface area contributed by atoms with E-state index >= 15 is 0 Å². The van der Waals surface area contributed by atoms with Gasteiger partial charge in [-0.2, -0.15) is 0 Å². The Labute approximate surface area is 133 Å².